The summed E-state index contributed by atoms with van der Waals surface area (Å²) >= 11 is 0. The number of nitro groups is 1. The molecule has 1 amide bonds. The lowest BCUT2D eigenvalue weighted by molar-refractivity contribution is -0.384. The zero-order chi connectivity index (χ0) is 20.1. The van der Waals surface area contributed by atoms with Gasteiger partial charge in [-0.15, -0.1) is 0 Å². The second kappa shape index (κ2) is 8.71. The largest absolute Gasteiger partial charge is 0.493 e. The first-order chi connectivity index (χ1) is 13.5. The molecule has 28 heavy (non-hydrogen) atoms. The second-order valence-electron chi connectivity index (χ2n) is 6.57. The summed E-state index contributed by atoms with van der Waals surface area (Å²) < 4.78 is 10.6. The summed E-state index contributed by atoms with van der Waals surface area (Å²) in [5.41, 5.74) is 1.39. The quantitative estimate of drug-likeness (QED) is 0.561. The van der Waals surface area contributed by atoms with Crippen molar-refractivity contribution in [3.63, 3.8) is 0 Å². The smallest absolute Gasteiger partial charge is 0.270 e. The Bertz CT molecular complexity index is 863. The van der Waals surface area contributed by atoms with Crippen molar-refractivity contribution in [3.8, 4) is 11.5 Å². The van der Waals surface area contributed by atoms with Gasteiger partial charge in [0, 0.05) is 50.4 Å². The molecule has 8 heteroatoms. The lowest BCUT2D eigenvalue weighted by Gasteiger charge is -2.34. The van der Waals surface area contributed by atoms with Gasteiger partial charge in [-0.25, -0.2) is 0 Å². The van der Waals surface area contributed by atoms with Crippen molar-refractivity contribution in [2.24, 2.45) is 0 Å². The predicted molar refractivity (Wildman–Crippen MR) is 104 cm³/mol. The minimum absolute atomic E-state index is 0.0714. The molecule has 0 radical (unpaired) electrons. The van der Waals surface area contributed by atoms with Crippen molar-refractivity contribution >= 4 is 11.6 Å². The summed E-state index contributed by atoms with van der Waals surface area (Å²) in [6, 6.07) is 11.7. The number of amides is 1. The van der Waals surface area contributed by atoms with Gasteiger partial charge in [0.05, 0.1) is 19.1 Å². The summed E-state index contributed by atoms with van der Waals surface area (Å²) in [5.74, 6) is 1.22. The Labute approximate surface area is 163 Å². The van der Waals surface area contributed by atoms with E-state index >= 15 is 0 Å². The number of non-ortho nitro benzene ring substituents is 1. The number of rotatable bonds is 6. The van der Waals surface area contributed by atoms with Crippen LogP contribution in [0.25, 0.3) is 0 Å². The van der Waals surface area contributed by atoms with Crippen LogP contribution in [0.4, 0.5) is 5.69 Å². The van der Waals surface area contributed by atoms with Crippen LogP contribution in [0.3, 0.4) is 0 Å². The van der Waals surface area contributed by atoms with Gasteiger partial charge < -0.3 is 14.4 Å². The molecule has 0 aromatic heterocycles. The number of nitro benzene ring substituents is 1. The molecule has 1 heterocycles. The van der Waals surface area contributed by atoms with Gasteiger partial charge in [0.15, 0.2) is 11.5 Å². The van der Waals surface area contributed by atoms with E-state index in [0.29, 0.717) is 30.2 Å². The van der Waals surface area contributed by atoms with Crippen LogP contribution in [-0.4, -0.2) is 61.0 Å². The van der Waals surface area contributed by atoms with Crippen LogP contribution in [0.2, 0.25) is 0 Å². The van der Waals surface area contributed by atoms with Gasteiger partial charge in [-0.1, -0.05) is 12.1 Å². The third-order valence-corrected chi connectivity index (χ3v) is 4.82. The van der Waals surface area contributed by atoms with Crippen LogP contribution >= 0.6 is 0 Å². The molecule has 0 saturated carbocycles. The Balaban J connectivity index is 1.59. The van der Waals surface area contributed by atoms with Gasteiger partial charge in [-0.3, -0.25) is 19.8 Å². The highest BCUT2D eigenvalue weighted by atomic mass is 16.6. The van der Waals surface area contributed by atoms with Crippen molar-refractivity contribution < 1.29 is 19.2 Å². The Morgan fingerprint density at radius 2 is 1.75 bits per heavy atom. The van der Waals surface area contributed by atoms with Crippen LogP contribution in [0.5, 0.6) is 11.5 Å². The number of carbonyl (C=O) groups is 1. The number of methoxy groups -OCH3 is 2. The molecule has 0 unspecified atom stereocenters. The highest BCUT2D eigenvalue weighted by Crippen LogP contribution is 2.28. The van der Waals surface area contributed by atoms with Gasteiger partial charge >= 0.3 is 0 Å². The van der Waals surface area contributed by atoms with Crippen LogP contribution in [0, 0.1) is 10.1 Å². The molecule has 1 saturated heterocycles. The Kier molecular flexibility index (Phi) is 6.10. The number of piperazine rings is 1. The molecule has 0 atom stereocenters. The minimum atomic E-state index is -0.488. The van der Waals surface area contributed by atoms with Gasteiger partial charge in [0.2, 0.25) is 0 Å². The third-order valence-electron chi connectivity index (χ3n) is 4.82. The molecule has 2 aromatic carbocycles. The van der Waals surface area contributed by atoms with Crippen molar-refractivity contribution in [1.29, 1.82) is 0 Å². The summed E-state index contributed by atoms with van der Waals surface area (Å²) in [6.45, 7) is 3.37. The van der Waals surface area contributed by atoms with Gasteiger partial charge in [0.1, 0.15) is 0 Å². The highest BCUT2D eigenvalue weighted by Gasteiger charge is 2.23. The lowest BCUT2D eigenvalue weighted by Crippen LogP contribution is -2.48. The predicted octanol–water partition coefficient (Wildman–Crippen LogP) is 2.57. The molecule has 0 bridgehead atoms. The van der Waals surface area contributed by atoms with Crippen LogP contribution in [0.15, 0.2) is 42.5 Å². The molecular formula is C20H23N3O5. The van der Waals surface area contributed by atoms with E-state index in [9.17, 15) is 14.9 Å². The molecule has 2 aromatic rings. The Morgan fingerprint density at radius 3 is 2.39 bits per heavy atom. The van der Waals surface area contributed by atoms with Crippen molar-refractivity contribution in [3.05, 3.63) is 63.7 Å². The maximum absolute atomic E-state index is 12.6. The molecule has 0 spiro atoms. The molecule has 0 aliphatic carbocycles. The topological polar surface area (TPSA) is 85.2 Å². The highest BCUT2D eigenvalue weighted by molar-refractivity contribution is 5.94. The van der Waals surface area contributed by atoms with E-state index in [2.05, 4.69) is 4.90 Å². The van der Waals surface area contributed by atoms with E-state index in [1.807, 2.05) is 18.2 Å². The number of hydrogen-bond donors (Lipinski definition) is 0. The average molecular weight is 385 g/mol. The second-order valence-corrected chi connectivity index (χ2v) is 6.57. The van der Waals surface area contributed by atoms with E-state index < -0.39 is 4.92 Å². The number of nitrogens with zero attached hydrogens (tertiary/aromatic N) is 3. The lowest BCUT2D eigenvalue weighted by atomic mass is 10.1. The molecule has 1 aliphatic heterocycles. The maximum Gasteiger partial charge on any atom is 0.270 e. The minimum Gasteiger partial charge on any atom is -0.493 e. The first-order valence-corrected chi connectivity index (χ1v) is 8.99. The van der Waals surface area contributed by atoms with Crippen LogP contribution in [0.1, 0.15) is 15.9 Å². The monoisotopic (exact) mass is 385 g/mol. The maximum atomic E-state index is 12.6. The van der Waals surface area contributed by atoms with Gasteiger partial charge in [-0.2, -0.15) is 0 Å². The molecule has 3 rings (SSSR count). The average Bonchev–Trinajstić information content (AvgIpc) is 2.73. The molecule has 8 nitrogen and oxygen atoms in total. The number of benzene rings is 2. The fourth-order valence-electron chi connectivity index (χ4n) is 3.28. The SMILES string of the molecule is COc1ccc(CN2CCN(C(=O)c3cccc([N+](=O)[O-])c3)CC2)cc1OC. The molecule has 148 valence electrons. The zero-order valence-corrected chi connectivity index (χ0v) is 16.0. The van der Waals surface area contributed by atoms with Crippen LogP contribution < -0.4 is 9.47 Å². The van der Waals surface area contributed by atoms with E-state index in [4.69, 9.17) is 9.47 Å². The van der Waals surface area contributed by atoms with Crippen molar-refractivity contribution in [1.82, 2.24) is 9.80 Å². The molecule has 1 aliphatic rings. The standard InChI is InChI=1S/C20H23N3O5/c1-27-18-7-6-15(12-19(18)28-2)14-21-8-10-22(11-9-21)20(24)16-4-3-5-17(13-16)23(25)26/h3-7,12-13H,8-11,14H2,1-2H3. The first-order valence-electron chi connectivity index (χ1n) is 8.99. The fraction of sp³-hybridized carbons (Fsp3) is 0.350. The van der Waals surface area contributed by atoms with Crippen LogP contribution in [-0.2, 0) is 6.54 Å². The summed E-state index contributed by atoms with van der Waals surface area (Å²) in [6.07, 6.45) is 0. The van der Waals surface area contributed by atoms with Gasteiger partial charge in [0.25, 0.3) is 11.6 Å². The van der Waals surface area contributed by atoms with Crippen molar-refractivity contribution in [2.45, 2.75) is 6.54 Å². The fourth-order valence-corrected chi connectivity index (χ4v) is 3.28. The normalized spacial score (nSPS) is 14.6. The summed E-state index contributed by atoms with van der Waals surface area (Å²) in [5, 5.41) is 10.9. The molecular weight excluding hydrogens is 362 g/mol. The van der Waals surface area contributed by atoms with Crippen molar-refractivity contribution in [2.75, 3.05) is 40.4 Å². The Morgan fingerprint density at radius 1 is 1.04 bits per heavy atom. The van der Waals surface area contributed by atoms with E-state index in [-0.39, 0.29) is 11.6 Å². The summed E-state index contributed by atoms with van der Waals surface area (Å²) in [4.78, 5) is 27.1. The molecule has 1 fully saturated rings. The Hall–Kier alpha value is -3.13. The first kappa shape index (κ1) is 19.6. The number of ether oxygens (including phenoxy) is 2. The molecule has 0 N–H and O–H groups in total. The van der Waals surface area contributed by atoms with E-state index in [1.54, 1.807) is 31.3 Å². The van der Waals surface area contributed by atoms with E-state index in [0.717, 1.165) is 25.2 Å². The van der Waals surface area contributed by atoms with Gasteiger partial charge in [-0.05, 0) is 23.8 Å². The zero-order valence-electron chi connectivity index (χ0n) is 16.0. The van der Waals surface area contributed by atoms with E-state index in [1.165, 1.54) is 12.1 Å². The third kappa shape index (κ3) is 4.40. The number of hydrogen-bond acceptors (Lipinski definition) is 6. The number of carbonyl (C=O) groups excluding carboxylic acids is 1. The summed E-state index contributed by atoms with van der Waals surface area (Å²) in [7, 11) is 3.22.